The number of hydrogen-bond donors (Lipinski definition) is 1. The number of hydrogen-bond acceptors (Lipinski definition) is 3. The second-order valence-corrected chi connectivity index (χ2v) is 6.74. The van der Waals surface area contributed by atoms with Gasteiger partial charge < -0.3 is 5.32 Å². The summed E-state index contributed by atoms with van der Waals surface area (Å²) >= 11 is 5.96. The van der Waals surface area contributed by atoms with Gasteiger partial charge in [0.1, 0.15) is 6.04 Å². The summed E-state index contributed by atoms with van der Waals surface area (Å²) in [7, 11) is 0. The van der Waals surface area contributed by atoms with E-state index in [2.05, 4.69) is 15.5 Å². The Morgan fingerprint density at radius 1 is 1.25 bits per heavy atom. The second kappa shape index (κ2) is 7.67. The molecule has 1 N–H and O–H groups in total. The van der Waals surface area contributed by atoms with Gasteiger partial charge in [0, 0.05) is 23.0 Å². The SMILES string of the molecule is Cc1cc(C(F)(F)F)nn1C(C)C(=O)Nc1ccn(Cc2cccc(Cl)c2)n1. The number of rotatable bonds is 5. The molecule has 2 aromatic heterocycles. The molecule has 6 nitrogen and oxygen atoms in total. The molecule has 0 bridgehead atoms. The van der Waals surface area contributed by atoms with Crippen LogP contribution in [0.5, 0.6) is 0 Å². The number of aromatic nitrogens is 4. The van der Waals surface area contributed by atoms with Crippen molar-refractivity contribution in [1.82, 2.24) is 19.6 Å². The molecular weight excluding hydrogens is 395 g/mol. The van der Waals surface area contributed by atoms with Gasteiger partial charge in [0.05, 0.1) is 6.54 Å². The molecule has 1 amide bonds. The van der Waals surface area contributed by atoms with Crippen molar-refractivity contribution in [1.29, 1.82) is 0 Å². The van der Waals surface area contributed by atoms with Crippen molar-refractivity contribution in [2.75, 3.05) is 5.32 Å². The van der Waals surface area contributed by atoms with Crippen molar-refractivity contribution in [3.8, 4) is 0 Å². The van der Waals surface area contributed by atoms with Gasteiger partial charge in [-0.25, -0.2) is 0 Å². The number of aryl methyl sites for hydroxylation is 1. The molecule has 2 heterocycles. The van der Waals surface area contributed by atoms with Crippen LogP contribution in [0, 0.1) is 6.92 Å². The largest absolute Gasteiger partial charge is 0.435 e. The normalized spacial score (nSPS) is 12.8. The van der Waals surface area contributed by atoms with E-state index in [1.807, 2.05) is 18.2 Å². The Kier molecular flexibility index (Phi) is 5.46. The topological polar surface area (TPSA) is 64.7 Å². The molecule has 1 aromatic carbocycles. The van der Waals surface area contributed by atoms with Crippen molar-refractivity contribution >= 4 is 23.3 Å². The molecule has 0 spiro atoms. The van der Waals surface area contributed by atoms with Gasteiger partial charge in [-0.15, -0.1) is 0 Å². The Morgan fingerprint density at radius 2 is 2.00 bits per heavy atom. The van der Waals surface area contributed by atoms with Crippen molar-refractivity contribution in [2.24, 2.45) is 0 Å². The minimum Gasteiger partial charge on any atom is -0.307 e. The predicted octanol–water partition coefficient (Wildman–Crippen LogP) is 4.31. The van der Waals surface area contributed by atoms with Crippen LogP contribution in [0.4, 0.5) is 19.0 Å². The van der Waals surface area contributed by atoms with Gasteiger partial charge in [0.25, 0.3) is 0 Å². The van der Waals surface area contributed by atoms with Crippen LogP contribution < -0.4 is 5.32 Å². The van der Waals surface area contributed by atoms with Gasteiger partial charge in [-0.1, -0.05) is 23.7 Å². The first-order valence-corrected chi connectivity index (χ1v) is 8.73. The van der Waals surface area contributed by atoms with Crippen molar-refractivity contribution in [3.63, 3.8) is 0 Å². The fourth-order valence-corrected chi connectivity index (χ4v) is 2.91. The van der Waals surface area contributed by atoms with E-state index in [1.54, 1.807) is 23.0 Å². The lowest BCUT2D eigenvalue weighted by Gasteiger charge is -2.13. The van der Waals surface area contributed by atoms with E-state index in [9.17, 15) is 18.0 Å². The van der Waals surface area contributed by atoms with E-state index in [4.69, 9.17) is 11.6 Å². The molecule has 0 aliphatic heterocycles. The molecule has 1 atom stereocenters. The minimum atomic E-state index is -4.56. The first-order chi connectivity index (χ1) is 13.1. The van der Waals surface area contributed by atoms with E-state index in [0.717, 1.165) is 16.3 Å². The number of halogens is 4. The standard InChI is InChI=1S/C18H17ClF3N5O/c1-11-8-15(18(20,21)22)24-27(11)12(2)17(28)23-16-6-7-26(25-16)10-13-4-3-5-14(19)9-13/h3-9,12H,10H2,1-2H3,(H,23,25,28). The number of amides is 1. The van der Waals surface area contributed by atoms with Crippen LogP contribution in [-0.4, -0.2) is 25.5 Å². The third kappa shape index (κ3) is 4.53. The lowest BCUT2D eigenvalue weighted by atomic mass is 10.2. The molecule has 0 radical (unpaired) electrons. The average Bonchev–Trinajstić information content (AvgIpc) is 3.20. The first kappa shape index (κ1) is 19.9. The molecule has 1 unspecified atom stereocenters. The zero-order valence-electron chi connectivity index (χ0n) is 15.0. The Morgan fingerprint density at radius 3 is 2.64 bits per heavy atom. The van der Waals surface area contributed by atoms with Gasteiger partial charge in [-0.3, -0.25) is 14.2 Å². The van der Waals surface area contributed by atoms with Gasteiger partial charge in [-0.05, 0) is 37.6 Å². The lowest BCUT2D eigenvalue weighted by Crippen LogP contribution is -2.26. The zero-order chi connectivity index (χ0) is 20.5. The highest BCUT2D eigenvalue weighted by Crippen LogP contribution is 2.29. The maximum atomic E-state index is 12.8. The molecular formula is C18H17ClF3N5O. The number of alkyl halides is 3. The summed E-state index contributed by atoms with van der Waals surface area (Å²) in [5, 5.41) is 11.0. The van der Waals surface area contributed by atoms with Gasteiger partial charge in [-0.2, -0.15) is 23.4 Å². The van der Waals surface area contributed by atoms with E-state index in [0.29, 0.717) is 17.4 Å². The summed E-state index contributed by atoms with van der Waals surface area (Å²) in [6.45, 7) is 3.39. The predicted molar refractivity (Wildman–Crippen MR) is 98.1 cm³/mol. The average molecular weight is 412 g/mol. The first-order valence-electron chi connectivity index (χ1n) is 8.35. The number of nitrogens with zero attached hydrogens (tertiary/aromatic N) is 4. The Bertz CT molecular complexity index is 995. The van der Waals surface area contributed by atoms with Crippen molar-refractivity contribution < 1.29 is 18.0 Å². The van der Waals surface area contributed by atoms with Crippen LogP contribution in [0.3, 0.4) is 0 Å². The Hall–Kier alpha value is -2.81. The molecule has 3 aromatic rings. The lowest BCUT2D eigenvalue weighted by molar-refractivity contribution is -0.141. The highest BCUT2D eigenvalue weighted by molar-refractivity contribution is 6.30. The minimum absolute atomic E-state index is 0.237. The summed E-state index contributed by atoms with van der Waals surface area (Å²) in [5.41, 5.74) is 0.144. The van der Waals surface area contributed by atoms with Crippen LogP contribution in [0.25, 0.3) is 0 Å². The fraction of sp³-hybridized carbons (Fsp3) is 0.278. The molecule has 10 heteroatoms. The van der Waals surface area contributed by atoms with Crippen molar-refractivity contribution in [2.45, 2.75) is 32.6 Å². The third-order valence-electron chi connectivity index (χ3n) is 4.08. The monoisotopic (exact) mass is 411 g/mol. The summed E-state index contributed by atoms with van der Waals surface area (Å²) in [4.78, 5) is 12.4. The van der Waals surface area contributed by atoms with Crippen LogP contribution in [-0.2, 0) is 17.5 Å². The molecule has 148 valence electrons. The Labute approximate surface area is 163 Å². The van der Waals surface area contributed by atoms with Crippen LogP contribution >= 0.6 is 11.6 Å². The smallest absolute Gasteiger partial charge is 0.307 e. The molecule has 0 aliphatic carbocycles. The fourth-order valence-electron chi connectivity index (χ4n) is 2.70. The molecule has 0 aliphatic rings. The van der Waals surface area contributed by atoms with E-state index >= 15 is 0 Å². The van der Waals surface area contributed by atoms with Crippen LogP contribution in [0.15, 0.2) is 42.6 Å². The quantitative estimate of drug-likeness (QED) is 0.680. The summed E-state index contributed by atoms with van der Waals surface area (Å²) < 4.78 is 41.1. The number of benzene rings is 1. The van der Waals surface area contributed by atoms with E-state index in [-0.39, 0.29) is 5.69 Å². The number of anilines is 1. The number of carbonyl (C=O) groups excluding carboxylic acids is 1. The van der Waals surface area contributed by atoms with E-state index < -0.39 is 23.8 Å². The summed E-state index contributed by atoms with van der Waals surface area (Å²) in [6.07, 6.45) is -2.88. The van der Waals surface area contributed by atoms with Gasteiger partial charge in [0.2, 0.25) is 5.91 Å². The third-order valence-corrected chi connectivity index (χ3v) is 4.32. The van der Waals surface area contributed by atoms with Gasteiger partial charge >= 0.3 is 6.18 Å². The van der Waals surface area contributed by atoms with Crippen molar-refractivity contribution in [3.05, 3.63) is 64.6 Å². The van der Waals surface area contributed by atoms with Gasteiger partial charge in [0.15, 0.2) is 11.5 Å². The maximum Gasteiger partial charge on any atom is 0.435 e. The summed E-state index contributed by atoms with van der Waals surface area (Å²) in [6, 6.07) is 8.87. The maximum absolute atomic E-state index is 12.8. The number of nitrogens with one attached hydrogen (secondary N) is 1. The second-order valence-electron chi connectivity index (χ2n) is 6.31. The summed E-state index contributed by atoms with van der Waals surface area (Å²) in [5.74, 6) is -0.229. The van der Waals surface area contributed by atoms with E-state index in [1.165, 1.54) is 13.8 Å². The molecule has 3 rings (SSSR count). The Balaban J connectivity index is 1.68. The zero-order valence-corrected chi connectivity index (χ0v) is 15.8. The highest BCUT2D eigenvalue weighted by Gasteiger charge is 2.35. The molecule has 0 saturated heterocycles. The molecule has 0 saturated carbocycles. The van der Waals surface area contributed by atoms with Crippen LogP contribution in [0.2, 0.25) is 5.02 Å². The highest BCUT2D eigenvalue weighted by atomic mass is 35.5. The molecule has 28 heavy (non-hydrogen) atoms. The number of carbonyl (C=O) groups is 1. The van der Waals surface area contributed by atoms with Crippen LogP contribution in [0.1, 0.15) is 29.9 Å². The molecule has 0 fully saturated rings.